The molecule has 0 atom stereocenters. The average Bonchev–Trinajstić information content (AvgIpc) is 3.26. The zero-order valence-electron chi connectivity index (χ0n) is 16.8. The minimum atomic E-state index is -4.56. The van der Waals surface area contributed by atoms with E-state index in [1.807, 2.05) is 0 Å². The second-order valence-corrected chi connectivity index (χ2v) is 8.91. The number of nitrogens with one attached hydrogen (secondary N) is 2. The number of rotatable bonds is 6. The maximum absolute atomic E-state index is 12.7. The van der Waals surface area contributed by atoms with Gasteiger partial charge < -0.3 is 4.74 Å². The lowest BCUT2D eigenvalue weighted by Gasteiger charge is -2.11. The van der Waals surface area contributed by atoms with Crippen molar-refractivity contribution in [3.63, 3.8) is 0 Å². The number of anilines is 1. The number of sulfonamides is 1. The fourth-order valence-corrected chi connectivity index (χ4v) is 4.38. The summed E-state index contributed by atoms with van der Waals surface area (Å²) in [6, 6.07) is 11.4. The maximum Gasteiger partial charge on any atom is 0.422 e. The average molecular weight is 509 g/mol. The SMILES string of the molecule is N#Cc1ccc(Cl)cc1S(=O)(=O)Nc1ccc(-c2nc(OCC(F)(F)F)c3cn[nH]c3n2)cc1. The van der Waals surface area contributed by atoms with Gasteiger partial charge in [0.15, 0.2) is 18.1 Å². The van der Waals surface area contributed by atoms with Gasteiger partial charge in [0.05, 0.1) is 11.8 Å². The molecule has 0 fully saturated rings. The largest absolute Gasteiger partial charge is 0.467 e. The molecule has 0 aliphatic rings. The molecular weight excluding hydrogens is 497 g/mol. The number of halogens is 4. The van der Waals surface area contributed by atoms with Crippen LogP contribution in [0.5, 0.6) is 5.88 Å². The Kier molecular flexibility index (Phi) is 6.03. The summed E-state index contributed by atoms with van der Waals surface area (Å²) in [5.41, 5.74) is 0.610. The molecule has 4 rings (SSSR count). The van der Waals surface area contributed by atoms with Gasteiger partial charge in [-0.3, -0.25) is 9.82 Å². The maximum atomic E-state index is 12.7. The summed E-state index contributed by atoms with van der Waals surface area (Å²) in [7, 11) is -4.13. The molecule has 2 heterocycles. The minimum Gasteiger partial charge on any atom is -0.467 e. The Morgan fingerprint density at radius 1 is 1.15 bits per heavy atom. The lowest BCUT2D eigenvalue weighted by molar-refractivity contribution is -0.153. The first-order valence-corrected chi connectivity index (χ1v) is 11.2. The van der Waals surface area contributed by atoms with E-state index in [4.69, 9.17) is 16.3 Å². The smallest absolute Gasteiger partial charge is 0.422 e. The first-order valence-electron chi connectivity index (χ1n) is 9.29. The fourth-order valence-electron chi connectivity index (χ4n) is 2.91. The Hall–Kier alpha value is -3.89. The number of ether oxygens (including phenoxy) is 1. The van der Waals surface area contributed by atoms with Gasteiger partial charge in [0, 0.05) is 16.3 Å². The fraction of sp³-hybridized carbons (Fsp3) is 0.100. The van der Waals surface area contributed by atoms with Crippen molar-refractivity contribution in [3.8, 4) is 23.3 Å². The number of alkyl halides is 3. The van der Waals surface area contributed by atoms with Crippen molar-refractivity contribution in [2.45, 2.75) is 11.1 Å². The van der Waals surface area contributed by atoms with Crippen LogP contribution in [-0.4, -0.2) is 41.4 Å². The van der Waals surface area contributed by atoms with E-state index in [2.05, 4.69) is 24.9 Å². The highest BCUT2D eigenvalue weighted by Crippen LogP contribution is 2.28. The van der Waals surface area contributed by atoms with E-state index >= 15 is 0 Å². The molecule has 4 aromatic rings. The van der Waals surface area contributed by atoms with Crippen molar-refractivity contribution in [2.75, 3.05) is 11.3 Å². The first-order chi connectivity index (χ1) is 16.1. The topological polar surface area (TPSA) is 134 Å². The highest BCUT2D eigenvalue weighted by molar-refractivity contribution is 7.92. The molecule has 2 aromatic heterocycles. The predicted octanol–water partition coefficient (Wildman–Crippen LogP) is 4.29. The van der Waals surface area contributed by atoms with Crippen molar-refractivity contribution in [1.29, 1.82) is 5.26 Å². The molecule has 34 heavy (non-hydrogen) atoms. The van der Waals surface area contributed by atoms with E-state index in [1.54, 1.807) is 6.07 Å². The van der Waals surface area contributed by atoms with Crippen molar-refractivity contribution < 1.29 is 26.3 Å². The van der Waals surface area contributed by atoms with Crippen molar-refractivity contribution in [3.05, 3.63) is 59.2 Å². The van der Waals surface area contributed by atoms with Gasteiger partial charge >= 0.3 is 6.18 Å². The van der Waals surface area contributed by atoms with E-state index in [0.29, 0.717) is 5.56 Å². The molecular formula is C20H12ClF3N6O3S. The summed E-state index contributed by atoms with van der Waals surface area (Å²) >= 11 is 5.87. The number of aromatic nitrogens is 4. The third-order valence-corrected chi connectivity index (χ3v) is 6.05. The molecule has 0 unspecified atom stereocenters. The summed E-state index contributed by atoms with van der Waals surface area (Å²) in [5, 5.41) is 15.8. The summed E-state index contributed by atoms with van der Waals surface area (Å²) in [6.07, 6.45) is -3.32. The second-order valence-electron chi connectivity index (χ2n) is 6.82. The highest BCUT2D eigenvalue weighted by Gasteiger charge is 2.29. The van der Waals surface area contributed by atoms with Crippen LogP contribution in [0.1, 0.15) is 5.56 Å². The molecule has 2 N–H and O–H groups in total. The van der Waals surface area contributed by atoms with Crippen LogP contribution in [0.15, 0.2) is 53.6 Å². The van der Waals surface area contributed by atoms with Crippen LogP contribution in [0, 0.1) is 11.3 Å². The van der Waals surface area contributed by atoms with Crippen LogP contribution in [0.3, 0.4) is 0 Å². The molecule has 0 saturated carbocycles. The Bertz CT molecular complexity index is 1520. The molecule has 0 saturated heterocycles. The zero-order valence-corrected chi connectivity index (χ0v) is 18.3. The predicted molar refractivity (Wildman–Crippen MR) is 116 cm³/mol. The van der Waals surface area contributed by atoms with Crippen LogP contribution in [0.2, 0.25) is 5.02 Å². The van der Waals surface area contributed by atoms with Crippen LogP contribution in [-0.2, 0) is 10.0 Å². The molecule has 174 valence electrons. The highest BCUT2D eigenvalue weighted by atomic mass is 35.5. The Morgan fingerprint density at radius 3 is 2.56 bits per heavy atom. The molecule has 0 radical (unpaired) electrons. The normalized spacial score (nSPS) is 11.9. The Balaban J connectivity index is 1.62. The van der Waals surface area contributed by atoms with Gasteiger partial charge in [0.25, 0.3) is 10.0 Å². The molecule has 0 aliphatic heterocycles. The monoisotopic (exact) mass is 508 g/mol. The molecule has 2 aromatic carbocycles. The van der Waals surface area contributed by atoms with E-state index in [1.165, 1.54) is 42.6 Å². The first kappa shape index (κ1) is 23.3. The second kappa shape index (κ2) is 8.81. The Labute approximate surface area is 195 Å². The van der Waals surface area contributed by atoms with Crippen LogP contribution < -0.4 is 9.46 Å². The van der Waals surface area contributed by atoms with Crippen molar-refractivity contribution >= 4 is 38.3 Å². The summed E-state index contributed by atoms with van der Waals surface area (Å²) in [4.78, 5) is 7.98. The molecule has 0 spiro atoms. The number of nitriles is 1. The van der Waals surface area contributed by atoms with Crippen LogP contribution in [0.4, 0.5) is 18.9 Å². The number of aromatic amines is 1. The molecule has 0 aliphatic carbocycles. The van der Waals surface area contributed by atoms with Crippen molar-refractivity contribution in [1.82, 2.24) is 20.2 Å². The number of benzene rings is 2. The molecule has 14 heteroatoms. The van der Waals surface area contributed by atoms with Gasteiger partial charge in [-0.15, -0.1) is 0 Å². The van der Waals surface area contributed by atoms with Crippen molar-refractivity contribution in [2.24, 2.45) is 0 Å². The number of nitrogens with zero attached hydrogens (tertiary/aromatic N) is 4. The quantitative estimate of drug-likeness (QED) is 0.397. The number of hydrogen-bond acceptors (Lipinski definition) is 7. The number of H-pyrrole nitrogens is 1. The molecule has 0 bridgehead atoms. The number of fused-ring (bicyclic) bond motifs is 1. The standard InChI is InChI=1S/C20H12ClF3N6O3S/c21-13-4-1-12(8-25)16(7-13)34(31,32)30-14-5-2-11(3-6-14)17-27-18-15(9-26-29-18)19(28-17)33-10-20(22,23)24/h1-7,9,30H,10H2,(H,26,27,28,29). The van der Waals surface area contributed by atoms with Gasteiger partial charge in [-0.2, -0.15) is 28.5 Å². The van der Waals surface area contributed by atoms with Gasteiger partial charge in [0.1, 0.15) is 16.4 Å². The lowest BCUT2D eigenvalue weighted by atomic mass is 10.2. The van der Waals surface area contributed by atoms with Gasteiger partial charge in [-0.1, -0.05) is 11.6 Å². The van der Waals surface area contributed by atoms with Crippen LogP contribution in [0.25, 0.3) is 22.4 Å². The summed E-state index contributed by atoms with van der Waals surface area (Å²) < 4.78 is 70.4. The van der Waals surface area contributed by atoms with E-state index in [-0.39, 0.29) is 43.9 Å². The minimum absolute atomic E-state index is 0.0324. The summed E-state index contributed by atoms with van der Waals surface area (Å²) in [5.74, 6) is -0.272. The third kappa shape index (κ3) is 5.03. The zero-order chi connectivity index (χ0) is 24.5. The van der Waals surface area contributed by atoms with E-state index in [0.717, 1.165) is 6.07 Å². The van der Waals surface area contributed by atoms with Gasteiger partial charge in [-0.25, -0.2) is 13.4 Å². The van der Waals surface area contributed by atoms with E-state index < -0.39 is 22.8 Å². The molecule has 0 amide bonds. The number of hydrogen-bond donors (Lipinski definition) is 2. The third-order valence-electron chi connectivity index (χ3n) is 4.40. The lowest BCUT2D eigenvalue weighted by Crippen LogP contribution is -2.20. The Morgan fingerprint density at radius 2 is 1.88 bits per heavy atom. The van der Waals surface area contributed by atoms with E-state index in [9.17, 15) is 26.9 Å². The van der Waals surface area contributed by atoms with Gasteiger partial charge in [-0.05, 0) is 42.5 Å². The van der Waals surface area contributed by atoms with Gasteiger partial charge in [0.2, 0.25) is 5.88 Å². The van der Waals surface area contributed by atoms with Crippen LogP contribution >= 0.6 is 11.6 Å². The molecule has 9 nitrogen and oxygen atoms in total. The summed E-state index contributed by atoms with van der Waals surface area (Å²) in [6.45, 7) is -1.54.